The van der Waals surface area contributed by atoms with Gasteiger partial charge in [-0.25, -0.2) is 9.78 Å². The Labute approximate surface area is 124 Å². The van der Waals surface area contributed by atoms with Gasteiger partial charge in [-0.1, -0.05) is 15.9 Å². The van der Waals surface area contributed by atoms with Crippen LogP contribution in [0.1, 0.15) is 21.6 Å². The number of hydrogen-bond acceptors (Lipinski definition) is 4. The van der Waals surface area contributed by atoms with Gasteiger partial charge in [-0.15, -0.1) is 0 Å². The molecule has 1 aromatic carbocycles. The minimum absolute atomic E-state index is 0.149. The number of carboxylic acid groups (broad SMARTS) is 1. The number of nitrogens with zero attached hydrogens (tertiary/aromatic N) is 2. The van der Waals surface area contributed by atoms with E-state index in [-0.39, 0.29) is 5.56 Å². The Hall–Kier alpha value is -2.39. The van der Waals surface area contributed by atoms with Crippen molar-refractivity contribution in [1.82, 2.24) is 4.98 Å². The van der Waals surface area contributed by atoms with Gasteiger partial charge in [-0.3, -0.25) is 0 Å². The van der Waals surface area contributed by atoms with E-state index in [4.69, 9.17) is 10.4 Å². The summed E-state index contributed by atoms with van der Waals surface area (Å²) in [6.45, 7) is 1.71. The molecule has 0 unspecified atom stereocenters. The van der Waals surface area contributed by atoms with Crippen molar-refractivity contribution in [3.63, 3.8) is 0 Å². The molecule has 0 atom stereocenters. The number of rotatable bonds is 3. The Kier molecular flexibility index (Phi) is 4.01. The summed E-state index contributed by atoms with van der Waals surface area (Å²) in [6, 6.07) is 10.2. The summed E-state index contributed by atoms with van der Waals surface area (Å²) < 4.78 is 0.794. The predicted octanol–water partition coefficient (Wildman–Crippen LogP) is 3.47. The summed E-state index contributed by atoms with van der Waals surface area (Å²) in [6.07, 6.45) is 0. The number of anilines is 2. The summed E-state index contributed by atoms with van der Waals surface area (Å²) in [5.41, 5.74) is 1.75. The first kappa shape index (κ1) is 14.0. The van der Waals surface area contributed by atoms with Crippen molar-refractivity contribution < 1.29 is 9.90 Å². The smallest absolute Gasteiger partial charge is 0.335 e. The molecular weight excluding hydrogens is 322 g/mol. The van der Waals surface area contributed by atoms with Crippen molar-refractivity contribution in [2.75, 3.05) is 5.32 Å². The van der Waals surface area contributed by atoms with Gasteiger partial charge in [0, 0.05) is 10.2 Å². The molecule has 6 heteroatoms. The fourth-order valence-corrected chi connectivity index (χ4v) is 2.07. The molecule has 0 amide bonds. The molecule has 0 aliphatic heterocycles. The third kappa shape index (κ3) is 3.13. The molecular formula is C14H10BrN3O2. The van der Waals surface area contributed by atoms with E-state index in [1.807, 2.05) is 0 Å². The Morgan fingerprint density at radius 3 is 2.80 bits per heavy atom. The van der Waals surface area contributed by atoms with Crippen LogP contribution in [0, 0.1) is 18.3 Å². The van der Waals surface area contributed by atoms with Crippen LogP contribution in [-0.4, -0.2) is 16.1 Å². The van der Waals surface area contributed by atoms with Crippen LogP contribution >= 0.6 is 15.9 Å². The minimum atomic E-state index is -1.02. The van der Waals surface area contributed by atoms with Crippen molar-refractivity contribution in [3.05, 3.63) is 51.6 Å². The molecule has 2 aromatic rings. The highest BCUT2D eigenvalue weighted by molar-refractivity contribution is 9.10. The molecule has 0 saturated carbocycles. The standard InChI is InChI=1S/C14H10BrN3O2/c1-8-4-9(14(19)20)6-13(17-8)18-12-3-2-11(15)5-10(12)7-16/h2-6H,1H3,(H,17,18)(H,19,20). The van der Waals surface area contributed by atoms with Gasteiger partial charge in [-0.05, 0) is 37.3 Å². The normalized spacial score (nSPS) is 9.85. The largest absolute Gasteiger partial charge is 0.478 e. The molecule has 2 rings (SSSR count). The van der Waals surface area contributed by atoms with Gasteiger partial charge in [0.1, 0.15) is 11.9 Å². The van der Waals surface area contributed by atoms with Crippen molar-refractivity contribution in [1.29, 1.82) is 5.26 Å². The number of nitrogens with one attached hydrogen (secondary N) is 1. The molecule has 0 radical (unpaired) electrons. The number of carboxylic acids is 1. The zero-order chi connectivity index (χ0) is 14.7. The van der Waals surface area contributed by atoms with E-state index in [1.165, 1.54) is 12.1 Å². The van der Waals surface area contributed by atoms with Crippen LogP contribution in [-0.2, 0) is 0 Å². The third-order valence-corrected chi connectivity index (χ3v) is 3.06. The Balaban J connectivity index is 2.40. The highest BCUT2D eigenvalue weighted by atomic mass is 79.9. The second kappa shape index (κ2) is 5.72. The van der Waals surface area contributed by atoms with Crippen LogP contribution in [0.5, 0.6) is 0 Å². The number of pyridine rings is 1. The van der Waals surface area contributed by atoms with E-state index in [9.17, 15) is 4.79 Å². The number of aryl methyl sites for hydroxylation is 1. The quantitative estimate of drug-likeness (QED) is 0.899. The lowest BCUT2D eigenvalue weighted by molar-refractivity contribution is 0.0696. The molecule has 5 nitrogen and oxygen atoms in total. The maximum Gasteiger partial charge on any atom is 0.335 e. The van der Waals surface area contributed by atoms with Gasteiger partial charge in [0.2, 0.25) is 0 Å². The Bertz CT molecular complexity index is 723. The highest BCUT2D eigenvalue weighted by Gasteiger charge is 2.09. The van der Waals surface area contributed by atoms with Crippen molar-refractivity contribution in [2.45, 2.75) is 6.92 Å². The number of halogens is 1. The second-order valence-electron chi connectivity index (χ2n) is 4.11. The van der Waals surface area contributed by atoms with Crippen LogP contribution in [0.15, 0.2) is 34.8 Å². The summed E-state index contributed by atoms with van der Waals surface area (Å²) in [4.78, 5) is 15.2. The average Bonchev–Trinajstić information content (AvgIpc) is 2.40. The van der Waals surface area contributed by atoms with E-state index in [2.05, 4.69) is 32.3 Å². The molecule has 2 N–H and O–H groups in total. The first-order valence-electron chi connectivity index (χ1n) is 5.68. The molecule has 0 aliphatic carbocycles. The van der Waals surface area contributed by atoms with Gasteiger partial charge in [0.25, 0.3) is 0 Å². The van der Waals surface area contributed by atoms with Crippen LogP contribution in [0.25, 0.3) is 0 Å². The summed E-state index contributed by atoms with van der Waals surface area (Å²) in [5.74, 6) is -0.629. The van der Waals surface area contributed by atoms with Crippen LogP contribution < -0.4 is 5.32 Å². The van der Waals surface area contributed by atoms with Gasteiger partial charge in [0.15, 0.2) is 0 Å². The van der Waals surface area contributed by atoms with E-state index in [0.717, 1.165) is 4.47 Å². The fraction of sp³-hybridized carbons (Fsp3) is 0.0714. The molecule has 1 aromatic heterocycles. The number of carbonyl (C=O) groups is 1. The first-order chi connectivity index (χ1) is 9.49. The van der Waals surface area contributed by atoms with Gasteiger partial charge >= 0.3 is 5.97 Å². The zero-order valence-corrected chi connectivity index (χ0v) is 12.1. The molecule has 0 aliphatic rings. The number of aromatic nitrogens is 1. The second-order valence-corrected chi connectivity index (χ2v) is 5.03. The van der Waals surface area contributed by atoms with E-state index in [1.54, 1.807) is 25.1 Å². The van der Waals surface area contributed by atoms with Gasteiger partial charge in [-0.2, -0.15) is 5.26 Å². The fourth-order valence-electron chi connectivity index (χ4n) is 1.71. The van der Waals surface area contributed by atoms with Crippen molar-refractivity contribution >= 4 is 33.4 Å². The molecule has 0 fully saturated rings. The molecule has 0 saturated heterocycles. The highest BCUT2D eigenvalue weighted by Crippen LogP contribution is 2.23. The molecule has 20 heavy (non-hydrogen) atoms. The van der Waals surface area contributed by atoms with Crippen LogP contribution in [0.3, 0.4) is 0 Å². The minimum Gasteiger partial charge on any atom is -0.478 e. The maximum atomic E-state index is 11.0. The number of hydrogen-bond donors (Lipinski definition) is 2. The first-order valence-corrected chi connectivity index (χ1v) is 6.47. The Morgan fingerprint density at radius 1 is 1.40 bits per heavy atom. The van der Waals surface area contributed by atoms with Gasteiger partial charge < -0.3 is 10.4 Å². The summed E-state index contributed by atoms with van der Waals surface area (Å²) in [7, 11) is 0. The average molecular weight is 332 g/mol. The third-order valence-electron chi connectivity index (χ3n) is 2.57. The SMILES string of the molecule is Cc1cc(C(=O)O)cc(Nc2ccc(Br)cc2C#N)n1. The lowest BCUT2D eigenvalue weighted by atomic mass is 10.2. The lowest BCUT2D eigenvalue weighted by Gasteiger charge is -2.09. The molecule has 0 bridgehead atoms. The summed E-state index contributed by atoms with van der Waals surface area (Å²) in [5, 5.41) is 21.1. The zero-order valence-electron chi connectivity index (χ0n) is 10.5. The number of aromatic carboxylic acids is 1. The van der Waals surface area contributed by atoms with Crippen LogP contribution in [0.2, 0.25) is 0 Å². The number of nitriles is 1. The summed E-state index contributed by atoms with van der Waals surface area (Å²) >= 11 is 3.29. The van der Waals surface area contributed by atoms with Crippen molar-refractivity contribution in [3.8, 4) is 6.07 Å². The van der Waals surface area contributed by atoms with Crippen molar-refractivity contribution in [2.24, 2.45) is 0 Å². The van der Waals surface area contributed by atoms with E-state index >= 15 is 0 Å². The number of benzene rings is 1. The van der Waals surface area contributed by atoms with E-state index < -0.39 is 5.97 Å². The van der Waals surface area contributed by atoms with Gasteiger partial charge in [0.05, 0.1) is 16.8 Å². The predicted molar refractivity (Wildman–Crippen MR) is 78.1 cm³/mol. The lowest BCUT2D eigenvalue weighted by Crippen LogP contribution is -2.02. The molecule has 0 spiro atoms. The van der Waals surface area contributed by atoms with Crippen LogP contribution in [0.4, 0.5) is 11.5 Å². The van der Waals surface area contributed by atoms with E-state index in [0.29, 0.717) is 22.8 Å². The maximum absolute atomic E-state index is 11.0. The Morgan fingerprint density at radius 2 is 2.15 bits per heavy atom. The topological polar surface area (TPSA) is 86.0 Å². The monoisotopic (exact) mass is 331 g/mol. The molecule has 100 valence electrons. The molecule has 1 heterocycles.